The zero-order chi connectivity index (χ0) is 18.6. The second kappa shape index (κ2) is 8.02. The Hall–Kier alpha value is -2.51. The smallest absolute Gasteiger partial charge is 0.226 e. The summed E-state index contributed by atoms with van der Waals surface area (Å²) in [5.41, 5.74) is 2.25. The summed E-state index contributed by atoms with van der Waals surface area (Å²) < 4.78 is 5.26. The fourth-order valence-electron chi connectivity index (χ4n) is 3.58. The number of aliphatic hydroxyl groups is 1. The van der Waals surface area contributed by atoms with Crippen LogP contribution in [0.4, 0.5) is 0 Å². The fourth-order valence-corrected chi connectivity index (χ4v) is 4.23. The molecule has 7 heteroatoms. The maximum absolute atomic E-state index is 12.3. The third-order valence-corrected chi connectivity index (χ3v) is 5.76. The van der Waals surface area contributed by atoms with Crippen LogP contribution < -0.4 is 5.32 Å². The van der Waals surface area contributed by atoms with Crippen LogP contribution in [0.2, 0.25) is 0 Å². The van der Waals surface area contributed by atoms with Gasteiger partial charge in [0.2, 0.25) is 17.6 Å². The van der Waals surface area contributed by atoms with Gasteiger partial charge in [-0.3, -0.25) is 4.79 Å². The number of aliphatic hydroxyl groups excluding tert-OH is 1. The van der Waals surface area contributed by atoms with Crippen molar-refractivity contribution in [3.63, 3.8) is 0 Å². The number of carbonyl (C=O) groups excluding carboxylic acids is 1. The van der Waals surface area contributed by atoms with E-state index in [4.69, 9.17) is 4.52 Å². The number of hydrogen-bond donors (Lipinski definition) is 2. The molecule has 0 aliphatic heterocycles. The van der Waals surface area contributed by atoms with E-state index in [1.165, 1.54) is 0 Å². The summed E-state index contributed by atoms with van der Waals surface area (Å²) in [5, 5.41) is 18.6. The van der Waals surface area contributed by atoms with Crippen molar-refractivity contribution >= 4 is 17.2 Å². The van der Waals surface area contributed by atoms with E-state index in [2.05, 4.69) is 15.5 Å². The Morgan fingerprint density at radius 2 is 2.11 bits per heavy atom. The van der Waals surface area contributed by atoms with Crippen molar-refractivity contribution in [2.24, 2.45) is 0 Å². The quantitative estimate of drug-likeness (QED) is 0.652. The molecule has 2 heterocycles. The molecule has 2 atom stereocenters. The molecule has 2 N–H and O–H groups in total. The van der Waals surface area contributed by atoms with Crippen LogP contribution in [0.25, 0.3) is 10.7 Å². The van der Waals surface area contributed by atoms with Crippen molar-refractivity contribution in [2.75, 3.05) is 6.61 Å². The van der Waals surface area contributed by atoms with E-state index in [9.17, 15) is 9.90 Å². The molecule has 0 fully saturated rings. The predicted octanol–water partition coefficient (Wildman–Crippen LogP) is 3.46. The van der Waals surface area contributed by atoms with E-state index < -0.39 is 0 Å². The highest BCUT2D eigenvalue weighted by atomic mass is 32.1. The highest BCUT2D eigenvalue weighted by Gasteiger charge is 2.30. The summed E-state index contributed by atoms with van der Waals surface area (Å²) in [5.74, 6) is 1.26. The number of thiophene rings is 1. The monoisotopic (exact) mass is 383 g/mol. The molecule has 0 spiro atoms. The molecule has 6 nitrogen and oxygen atoms in total. The first-order valence-corrected chi connectivity index (χ1v) is 9.98. The van der Waals surface area contributed by atoms with Crippen molar-refractivity contribution < 1.29 is 14.4 Å². The molecule has 0 saturated carbocycles. The molecule has 0 unspecified atom stereocenters. The van der Waals surface area contributed by atoms with Crippen molar-refractivity contribution in [3.8, 4) is 10.7 Å². The third-order valence-electron chi connectivity index (χ3n) is 4.89. The van der Waals surface area contributed by atoms with Crippen LogP contribution in [-0.4, -0.2) is 27.8 Å². The van der Waals surface area contributed by atoms with E-state index in [0.29, 0.717) is 31.0 Å². The van der Waals surface area contributed by atoms with Gasteiger partial charge in [-0.1, -0.05) is 35.5 Å². The number of aryl methyl sites for hydroxylation is 1. The molecule has 1 amide bonds. The minimum absolute atomic E-state index is 0.00592. The first-order valence-electron chi connectivity index (χ1n) is 9.10. The molecule has 0 bridgehead atoms. The lowest BCUT2D eigenvalue weighted by Gasteiger charge is -2.14. The lowest BCUT2D eigenvalue weighted by atomic mass is 10.0. The maximum Gasteiger partial charge on any atom is 0.226 e. The van der Waals surface area contributed by atoms with Gasteiger partial charge in [0, 0.05) is 18.8 Å². The molecule has 1 aliphatic rings. The largest absolute Gasteiger partial charge is 0.396 e. The van der Waals surface area contributed by atoms with Crippen LogP contribution in [0, 0.1) is 0 Å². The van der Waals surface area contributed by atoms with Crippen LogP contribution in [-0.2, 0) is 11.2 Å². The lowest BCUT2D eigenvalue weighted by Crippen LogP contribution is -2.27. The Kier molecular flexibility index (Phi) is 5.31. The second-order valence-electron chi connectivity index (χ2n) is 6.71. The maximum atomic E-state index is 12.3. The molecular formula is C20H21N3O3S. The minimum atomic E-state index is -0.0281. The first kappa shape index (κ1) is 17.9. The molecule has 1 aliphatic carbocycles. The minimum Gasteiger partial charge on any atom is -0.396 e. The molecule has 140 valence electrons. The van der Waals surface area contributed by atoms with E-state index >= 15 is 0 Å². The highest BCUT2D eigenvalue weighted by molar-refractivity contribution is 7.13. The van der Waals surface area contributed by atoms with Gasteiger partial charge in [-0.25, -0.2) is 0 Å². The lowest BCUT2D eigenvalue weighted by molar-refractivity contribution is -0.122. The van der Waals surface area contributed by atoms with Gasteiger partial charge < -0.3 is 14.9 Å². The standard InChI is InChI=1S/C20H21N3O3S/c24-12-13-11-16(15-6-2-1-5-14(13)15)21-18(25)8-3-9-19-22-20(23-26-19)17-7-4-10-27-17/h1-2,4-7,10,13,16,24H,3,8-9,11-12H2,(H,21,25)/t13-,16+/m1/s1. The molecule has 3 aromatic rings. The van der Waals surface area contributed by atoms with Crippen LogP contribution in [0.3, 0.4) is 0 Å². The van der Waals surface area contributed by atoms with Crippen molar-refractivity contribution in [3.05, 3.63) is 58.8 Å². The van der Waals surface area contributed by atoms with E-state index in [1.54, 1.807) is 11.3 Å². The summed E-state index contributed by atoms with van der Waals surface area (Å²) in [4.78, 5) is 17.7. The van der Waals surface area contributed by atoms with Crippen LogP contribution in [0.15, 0.2) is 46.3 Å². The van der Waals surface area contributed by atoms with Gasteiger partial charge >= 0.3 is 0 Å². The Morgan fingerprint density at radius 1 is 1.26 bits per heavy atom. The van der Waals surface area contributed by atoms with Gasteiger partial charge in [0.05, 0.1) is 17.5 Å². The Labute approximate surface area is 161 Å². The molecule has 2 aromatic heterocycles. The Morgan fingerprint density at radius 3 is 2.89 bits per heavy atom. The second-order valence-corrected chi connectivity index (χ2v) is 7.65. The number of aromatic nitrogens is 2. The molecule has 4 rings (SSSR count). The summed E-state index contributed by atoms with van der Waals surface area (Å²) >= 11 is 1.57. The van der Waals surface area contributed by atoms with Gasteiger partial charge in [-0.2, -0.15) is 4.98 Å². The SMILES string of the molecule is O=C(CCCc1nc(-c2cccs2)no1)N[C@H]1C[C@H](CO)c2ccccc21. The fraction of sp³-hybridized carbons (Fsp3) is 0.350. The molecule has 1 aromatic carbocycles. The molecule has 27 heavy (non-hydrogen) atoms. The highest BCUT2D eigenvalue weighted by Crippen LogP contribution is 2.39. The summed E-state index contributed by atoms with van der Waals surface area (Å²) in [6.07, 6.45) is 2.37. The van der Waals surface area contributed by atoms with Crippen LogP contribution in [0.5, 0.6) is 0 Å². The number of nitrogens with one attached hydrogen (secondary N) is 1. The van der Waals surface area contributed by atoms with E-state index in [0.717, 1.165) is 22.4 Å². The normalized spacial score (nSPS) is 18.4. The number of benzene rings is 1. The average Bonchev–Trinajstić information content (AvgIpc) is 3.42. The summed E-state index contributed by atoms with van der Waals surface area (Å²) in [7, 11) is 0. The first-order chi connectivity index (χ1) is 13.2. The van der Waals surface area contributed by atoms with Gasteiger partial charge in [-0.05, 0) is 35.4 Å². The number of carbonyl (C=O) groups is 1. The van der Waals surface area contributed by atoms with Gasteiger partial charge in [0.1, 0.15) is 0 Å². The summed E-state index contributed by atoms with van der Waals surface area (Å²) in [6.45, 7) is 0.104. The van der Waals surface area contributed by atoms with Crippen molar-refractivity contribution in [2.45, 2.75) is 37.6 Å². The Balaban J connectivity index is 1.28. The van der Waals surface area contributed by atoms with Gasteiger partial charge in [-0.15, -0.1) is 11.3 Å². The topological polar surface area (TPSA) is 88.2 Å². The van der Waals surface area contributed by atoms with Crippen LogP contribution in [0.1, 0.15) is 48.2 Å². The van der Waals surface area contributed by atoms with E-state index in [-0.39, 0.29) is 24.5 Å². The zero-order valence-electron chi connectivity index (χ0n) is 14.8. The van der Waals surface area contributed by atoms with Gasteiger partial charge in [0.25, 0.3) is 0 Å². The molecule has 0 radical (unpaired) electrons. The van der Waals surface area contributed by atoms with Gasteiger partial charge in [0.15, 0.2) is 0 Å². The number of rotatable bonds is 7. The molecule has 0 saturated heterocycles. The number of amides is 1. The third kappa shape index (κ3) is 3.94. The predicted molar refractivity (Wildman–Crippen MR) is 102 cm³/mol. The van der Waals surface area contributed by atoms with Crippen LogP contribution >= 0.6 is 11.3 Å². The number of nitrogens with zero attached hydrogens (tertiary/aromatic N) is 2. The summed E-state index contributed by atoms with van der Waals surface area (Å²) in [6, 6.07) is 11.9. The Bertz CT molecular complexity index is 907. The average molecular weight is 383 g/mol. The number of hydrogen-bond acceptors (Lipinski definition) is 6. The molecular weight excluding hydrogens is 362 g/mol. The van der Waals surface area contributed by atoms with Crippen molar-refractivity contribution in [1.29, 1.82) is 0 Å². The zero-order valence-corrected chi connectivity index (χ0v) is 15.6. The van der Waals surface area contributed by atoms with Crippen molar-refractivity contribution in [1.82, 2.24) is 15.5 Å². The number of fused-ring (bicyclic) bond motifs is 1. The van der Waals surface area contributed by atoms with E-state index in [1.807, 2.05) is 41.8 Å².